The second-order valence-electron chi connectivity index (χ2n) is 10.7. The molecule has 6 aromatic rings. The molecule has 0 amide bonds. The average Bonchev–Trinajstić information content (AvgIpc) is 3.64. The van der Waals surface area contributed by atoms with Gasteiger partial charge >= 0.3 is 0 Å². The van der Waals surface area contributed by atoms with Crippen LogP contribution in [0.4, 0.5) is 0 Å². The Morgan fingerprint density at radius 3 is 1.91 bits per heavy atom. The van der Waals surface area contributed by atoms with Gasteiger partial charge < -0.3 is 29.0 Å². The summed E-state index contributed by atoms with van der Waals surface area (Å²) in [7, 11) is 3.29. The Balaban J connectivity index is 1.24. The lowest BCUT2D eigenvalue weighted by atomic mass is 9.80. The Kier molecular flexibility index (Phi) is 9.10. The van der Waals surface area contributed by atoms with Crippen LogP contribution in [0.1, 0.15) is 23.1 Å². The maximum Gasteiger partial charge on any atom is 0.143 e. The highest BCUT2D eigenvalue weighted by Crippen LogP contribution is 2.42. The summed E-state index contributed by atoms with van der Waals surface area (Å²) in [6.07, 6.45) is 3.16. The van der Waals surface area contributed by atoms with Crippen LogP contribution in [0.5, 0.6) is 17.2 Å². The van der Waals surface area contributed by atoms with Gasteiger partial charge in [-0.25, -0.2) is 4.98 Å². The largest absolute Gasteiger partial charge is 0.497 e. The molecule has 1 atom stereocenters. The van der Waals surface area contributed by atoms with Crippen LogP contribution < -0.4 is 14.2 Å². The fourth-order valence-corrected chi connectivity index (χ4v) is 5.70. The van der Waals surface area contributed by atoms with Crippen LogP contribution in [0, 0.1) is 0 Å². The van der Waals surface area contributed by atoms with Gasteiger partial charge in [-0.1, -0.05) is 78.9 Å². The highest BCUT2D eigenvalue weighted by Gasteiger charge is 2.38. The minimum absolute atomic E-state index is 0.0779. The maximum absolute atomic E-state index is 11.2. The predicted octanol–water partition coefficient (Wildman–Crippen LogP) is 7.39. The van der Waals surface area contributed by atoms with E-state index in [1.54, 1.807) is 20.4 Å². The summed E-state index contributed by atoms with van der Waals surface area (Å²) < 4.78 is 23.9. The molecule has 0 bridgehead atoms. The van der Waals surface area contributed by atoms with Crippen molar-refractivity contribution in [3.05, 3.63) is 144 Å². The molecule has 0 aliphatic rings. The molecule has 0 saturated heterocycles. The number of methoxy groups -OCH3 is 2. The normalized spacial score (nSPS) is 12.2. The number of nitrogens with zero attached hydrogens (tertiary/aromatic N) is 1. The van der Waals surface area contributed by atoms with Gasteiger partial charge in [0.15, 0.2) is 0 Å². The van der Waals surface area contributed by atoms with Crippen LogP contribution in [0.2, 0.25) is 0 Å². The van der Waals surface area contributed by atoms with E-state index >= 15 is 0 Å². The van der Waals surface area contributed by atoms with Gasteiger partial charge in [-0.15, -0.1) is 0 Å². The van der Waals surface area contributed by atoms with Crippen molar-refractivity contribution >= 4 is 10.8 Å². The average molecular weight is 601 g/mol. The number of ether oxygens (including phenoxy) is 4. The topological polar surface area (TPSA) is 85.8 Å². The Hall–Kier alpha value is -5.11. The molecule has 45 heavy (non-hydrogen) atoms. The smallest absolute Gasteiger partial charge is 0.143 e. The second-order valence-corrected chi connectivity index (χ2v) is 10.7. The van der Waals surface area contributed by atoms with E-state index < -0.39 is 11.7 Å². The number of nitrogens with one attached hydrogen (secondary N) is 1. The first kappa shape index (κ1) is 29.9. The van der Waals surface area contributed by atoms with Gasteiger partial charge in [-0.2, -0.15) is 0 Å². The van der Waals surface area contributed by atoms with Crippen LogP contribution >= 0.6 is 0 Å². The molecule has 5 aromatic carbocycles. The third kappa shape index (κ3) is 6.27. The van der Waals surface area contributed by atoms with Crippen molar-refractivity contribution in [3.8, 4) is 28.6 Å². The summed E-state index contributed by atoms with van der Waals surface area (Å²) in [5, 5.41) is 13.2. The Morgan fingerprint density at radius 2 is 1.31 bits per heavy atom. The van der Waals surface area contributed by atoms with E-state index in [-0.39, 0.29) is 6.61 Å². The van der Waals surface area contributed by atoms with E-state index in [9.17, 15) is 5.11 Å². The Bertz CT molecular complexity index is 1760. The van der Waals surface area contributed by atoms with Gasteiger partial charge in [0, 0.05) is 29.8 Å². The fraction of sp³-hybridized carbons (Fsp3) is 0.184. The number of H-pyrrole nitrogens is 1. The summed E-state index contributed by atoms with van der Waals surface area (Å²) in [6.45, 7) is 0.395. The minimum atomic E-state index is -1.00. The summed E-state index contributed by atoms with van der Waals surface area (Å²) in [5.74, 6) is 3.06. The molecular weight excluding hydrogens is 564 g/mol. The second kappa shape index (κ2) is 13.7. The number of imidazole rings is 1. The summed E-state index contributed by atoms with van der Waals surface area (Å²) in [5.41, 5.74) is 2.76. The lowest BCUT2D eigenvalue weighted by molar-refractivity contribution is -0.0427. The molecular formula is C38H36N2O5. The van der Waals surface area contributed by atoms with Crippen LogP contribution in [0.15, 0.2) is 128 Å². The molecule has 228 valence electrons. The first-order valence-corrected chi connectivity index (χ1v) is 14.9. The number of hydrogen-bond donors (Lipinski definition) is 2. The van der Waals surface area contributed by atoms with E-state index in [1.807, 2.05) is 115 Å². The lowest BCUT2D eigenvalue weighted by Gasteiger charge is -2.36. The van der Waals surface area contributed by atoms with Gasteiger partial charge in [0.2, 0.25) is 0 Å². The molecule has 2 N–H and O–H groups in total. The van der Waals surface area contributed by atoms with E-state index in [0.717, 1.165) is 56.1 Å². The standard InChI is InChI=1S/C38H36N2O5/c1-42-31-16-12-28(13-17-31)38(27-8-4-3-5-9-27,29-14-18-32(43-2)19-15-29)45-26-30(41)22-25-44-36-21-20-35(37-39-23-24-40-37)33-10-6-7-11-34(33)36/h3-21,23-24,30,41H,22,25-26H2,1-2H3,(H,39,40)/t30-/m0/s1. The van der Waals surface area contributed by atoms with Crippen molar-refractivity contribution in [3.63, 3.8) is 0 Å². The summed E-state index contributed by atoms with van der Waals surface area (Å²) >= 11 is 0. The highest BCUT2D eigenvalue weighted by atomic mass is 16.5. The third-order valence-corrected chi connectivity index (χ3v) is 8.01. The van der Waals surface area contributed by atoms with Crippen LogP contribution in [-0.2, 0) is 10.3 Å². The quantitative estimate of drug-likeness (QED) is 0.135. The SMILES string of the molecule is COc1ccc(C(OC[C@@H](O)CCOc2ccc(-c3ncc[nH]3)c3ccccc23)(c2ccccc2)c2ccc(OC)cc2)cc1. The number of aliphatic hydroxyl groups excluding tert-OH is 1. The van der Waals surface area contributed by atoms with E-state index in [0.29, 0.717) is 13.0 Å². The van der Waals surface area contributed by atoms with Crippen molar-refractivity contribution in [1.82, 2.24) is 9.97 Å². The number of fused-ring (bicyclic) bond motifs is 1. The molecule has 0 aliphatic heterocycles. The first-order chi connectivity index (χ1) is 22.1. The zero-order valence-corrected chi connectivity index (χ0v) is 25.4. The van der Waals surface area contributed by atoms with Crippen molar-refractivity contribution in [1.29, 1.82) is 0 Å². The van der Waals surface area contributed by atoms with E-state index in [1.165, 1.54) is 0 Å². The van der Waals surface area contributed by atoms with Crippen LogP contribution in [0.25, 0.3) is 22.2 Å². The highest BCUT2D eigenvalue weighted by molar-refractivity contribution is 5.98. The van der Waals surface area contributed by atoms with Crippen molar-refractivity contribution in [2.24, 2.45) is 0 Å². The van der Waals surface area contributed by atoms with Gasteiger partial charge in [-0.05, 0) is 58.5 Å². The van der Waals surface area contributed by atoms with Gasteiger partial charge in [0.05, 0.1) is 33.5 Å². The Morgan fingerprint density at radius 1 is 0.711 bits per heavy atom. The summed E-state index contributed by atoms with van der Waals surface area (Å²) in [4.78, 5) is 7.60. The molecule has 0 saturated carbocycles. The van der Waals surface area contributed by atoms with Gasteiger partial charge in [0.1, 0.15) is 28.7 Å². The molecule has 0 radical (unpaired) electrons. The van der Waals surface area contributed by atoms with Gasteiger partial charge in [0.25, 0.3) is 0 Å². The number of aromatic nitrogens is 2. The number of rotatable bonds is 13. The van der Waals surface area contributed by atoms with Crippen LogP contribution in [-0.4, -0.2) is 48.6 Å². The monoisotopic (exact) mass is 600 g/mol. The van der Waals surface area contributed by atoms with Crippen molar-refractivity contribution in [2.75, 3.05) is 27.4 Å². The maximum atomic E-state index is 11.2. The van der Waals surface area contributed by atoms with Crippen molar-refractivity contribution < 1.29 is 24.1 Å². The molecule has 1 heterocycles. The molecule has 0 aliphatic carbocycles. The van der Waals surface area contributed by atoms with E-state index in [4.69, 9.17) is 18.9 Å². The summed E-state index contributed by atoms with van der Waals surface area (Å²) in [6, 6.07) is 37.8. The molecule has 0 spiro atoms. The molecule has 7 nitrogen and oxygen atoms in total. The number of aromatic amines is 1. The molecule has 6 rings (SSSR count). The molecule has 0 unspecified atom stereocenters. The van der Waals surface area contributed by atoms with Crippen LogP contribution in [0.3, 0.4) is 0 Å². The predicted molar refractivity (Wildman–Crippen MR) is 176 cm³/mol. The third-order valence-electron chi connectivity index (χ3n) is 8.01. The van der Waals surface area contributed by atoms with Gasteiger partial charge in [-0.3, -0.25) is 0 Å². The lowest BCUT2D eigenvalue weighted by Crippen LogP contribution is -2.36. The zero-order valence-electron chi connectivity index (χ0n) is 25.4. The van der Waals surface area contributed by atoms with Crippen molar-refractivity contribution in [2.45, 2.75) is 18.1 Å². The first-order valence-electron chi connectivity index (χ1n) is 14.9. The number of hydrogen-bond acceptors (Lipinski definition) is 6. The number of aliphatic hydroxyl groups is 1. The molecule has 0 fully saturated rings. The molecule has 7 heteroatoms. The minimum Gasteiger partial charge on any atom is -0.497 e. The molecule has 1 aromatic heterocycles. The zero-order chi connectivity index (χ0) is 31.1. The fourth-order valence-electron chi connectivity index (χ4n) is 5.70. The Labute approximate surface area is 263 Å². The number of benzene rings is 5. The van der Waals surface area contributed by atoms with E-state index in [2.05, 4.69) is 16.0 Å².